The molecule has 1 N–H and O–H groups in total. The summed E-state index contributed by atoms with van der Waals surface area (Å²) in [6.07, 6.45) is 0. The van der Waals surface area contributed by atoms with Crippen molar-refractivity contribution in [3.63, 3.8) is 0 Å². The highest BCUT2D eigenvalue weighted by Crippen LogP contribution is 2.34. The van der Waals surface area contributed by atoms with Gasteiger partial charge in [-0.1, -0.05) is 53.6 Å². The van der Waals surface area contributed by atoms with Crippen molar-refractivity contribution in [2.75, 3.05) is 43.6 Å². The monoisotopic (exact) mass is 452 g/mol. The van der Waals surface area contributed by atoms with E-state index >= 15 is 0 Å². The second-order valence-electron chi connectivity index (χ2n) is 7.85. The summed E-state index contributed by atoms with van der Waals surface area (Å²) in [4.78, 5) is 2.26. The number of para-hydroxylation sites is 1. The molecule has 1 aliphatic rings. The van der Waals surface area contributed by atoms with E-state index in [1.807, 2.05) is 30.3 Å². The molecule has 0 radical (unpaired) electrons. The first kappa shape index (κ1) is 22.3. The number of nitrogens with zero attached hydrogens (tertiary/aromatic N) is 1. The number of anilines is 2. The van der Waals surface area contributed by atoms with Gasteiger partial charge >= 0.3 is 0 Å². The average Bonchev–Trinajstić information content (AvgIpc) is 2.82. The van der Waals surface area contributed by atoms with Crippen molar-refractivity contribution in [1.82, 2.24) is 0 Å². The molecule has 168 valence electrons. The minimum absolute atomic E-state index is 0.481. The van der Waals surface area contributed by atoms with Crippen LogP contribution in [0.5, 0.6) is 11.5 Å². The number of nitrogens with one attached hydrogen (secondary N) is 1. The van der Waals surface area contributed by atoms with Crippen LogP contribution in [0.25, 0.3) is 0 Å². The fourth-order valence-corrected chi connectivity index (χ4v) is 4.16. The molecule has 3 aromatic carbocycles. The normalized spacial score (nSPS) is 13.7. The highest BCUT2D eigenvalue weighted by molar-refractivity contribution is 6.33. The van der Waals surface area contributed by atoms with E-state index in [0.717, 1.165) is 65.3 Å². The van der Waals surface area contributed by atoms with E-state index in [0.29, 0.717) is 13.2 Å². The first-order chi connectivity index (χ1) is 15.6. The Balaban J connectivity index is 1.46. The molecule has 1 heterocycles. The molecule has 1 aliphatic heterocycles. The number of halogens is 1. The lowest BCUT2D eigenvalue weighted by molar-refractivity contribution is 0.122. The van der Waals surface area contributed by atoms with Crippen LogP contribution in [0.1, 0.15) is 16.7 Å². The highest BCUT2D eigenvalue weighted by atomic mass is 35.5. The molecular formula is C26H29ClN2O3. The maximum atomic E-state index is 6.59. The summed E-state index contributed by atoms with van der Waals surface area (Å²) in [5.41, 5.74) is 5.36. The molecule has 0 unspecified atom stereocenters. The predicted molar refractivity (Wildman–Crippen MR) is 130 cm³/mol. The van der Waals surface area contributed by atoms with Crippen LogP contribution in [0.4, 0.5) is 11.4 Å². The lowest BCUT2D eigenvalue weighted by Gasteiger charge is -2.29. The zero-order chi connectivity index (χ0) is 22.3. The molecular weight excluding hydrogens is 424 g/mol. The van der Waals surface area contributed by atoms with Gasteiger partial charge in [0.25, 0.3) is 0 Å². The van der Waals surface area contributed by atoms with Gasteiger partial charge in [0.05, 0.1) is 31.0 Å². The smallest absolute Gasteiger partial charge is 0.166 e. The van der Waals surface area contributed by atoms with Crippen molar-refractivity contribution in [3.8, 4) is 11.5 Å². The zero-order valence-electron chi connectivity index (χ0n) is 18.6. The quantitative estimate of drug-likeness (QED) is 0.476. The SMILES string of the molecule is COc1cccc(CNc2ccc(N3CCOCC3)c(Cl)c2)c1OCc1cccc(C)c1. The molecule has 0 aromatic heterocycles. The van der Waals surface area contributed by atoms with Crippen molar-refractivity contribution >= 4 is 23.0 Å². The molecule has 0 aliphatic carbocycles. The zero-order valence-corrected chi connectivity index (χ0v) is 19.3. The largest absolute Gasteiger partial charge is 0.493 e. The average molecular weight is 453 g/mol. The van der Waals surface area contributed by atoms with Crippen molar-refractivity contribution < 1.29 is 14.2 Å². The van der Waals surface area contributed by atoms with Crippen LogP contribution in [0.3, 0.4) is 0 Å². The Morgan fingerprint density at radius 1 is 1.03 bits per heavy atom. The van der Waals surface area contributed by atoms with Gasteiger partial charge in [-0.15, -0.1) is 0 Å². The summed E-state index contributed by atoms with van der Waals surface area (Å²) in [6, 6.07) is 20.4. The molecule has 32 heavy (non-hydrogen) atoms. The second-order valence-corrected chi connectivity index (χ2v) is 8.25. The Kier molecular flexibility index (Phi) is 7.40. The molecule has 0 atom stereocenters. The Labute approximate surface area is 194 Å². The van der Waals surface area contributed by atoms with E-state index < -0.39 is 0 Å². The van der Waals surface area contributed by atoms with Crippen molar-refractivity contribution in [1.29, 1.82) is 0 Å². The van der Waals surface area contributed by atoms with Gasteiger partial charge in [0.15, 0.2) is 11.5 Å². The molecule has 0 amide bonds. The van der Waals surface area contributed by atoms with Gasteiger partial charge < -0.3 is 24.4 Å². The fourth-order valence-electron chi connectivity index (χ4n) is 3.86. The number of hydrogen-bond acceptors (Lipinski definition) is 5. The number of hydrogen-bond donors (Lipinski definition) is 1. The van der Waals surface area contributed by atoms with Crippen molar-refractivity contribution in [2.45, 2.75) is 20.1 Å². The predicted octanol–water partition coefficient (Wildman–Crippen LogP) is 5.68. The van der Waals surface area contributed by atoms with Crippen LogP contribution in [0, 0.1) is 6.92 Å². The third-order valence-electron chi connectivity index (χ3n) is 5.53. The highest BCUT2D eigenvalue weighted by Gasteiger charge is 2.15. The van der Waals surface area contributed by atoms with Crippen LogP contribution in [-0.2, 0) is 17.9 Å². The maximum Gasteiger partial charge on any atom is 0.166 e. The van der Waals surface area contributed by atoms with E-state index in [4.69, 9.17) is 25.8 Å². The molecule has 1 saturated heterocycles. The van der Waals surface area contributed by atoms with Crippen LogP contribution in [0.15, 0.2) is 60.7 Å². The molecule has 6 heteroatoms. The Bertz CT molecular complexity index is 1050. The van der Waals surface area contributed by atoms with Gasteiger partial charge in [0.1, 0.15) is 6.61 Å². The topological polar surface area (TPSA) is 43.0 Å². The second kappa shape index (κ2) is 10.6. The van der Waals surface area contributed by atoms with E-state index in [1.54, 1.807) is 7.11 Å². The van der Waals surface area contributed by atoms with E-state index in [-0.39, 0.29) is 0 Å². The molecule has 0 bridgehead atoms. The van der Waals surface area contributed by atoms with Gasteiger partial charge in [-0.05, 0) is 36.8 Å². The summed E-state index contributed by atoms with van der Waals surface area (Å²) in [7, 11) is 1.66. The third-order valence-corrected chi connectivity index (χ3v) is 5.83. The number of morpholine rings is 1. The molecule has 0 spiro atoms. The van der Waals surface area contributed by atoms with Crippen LogP contribution < -0.4 is 19.7 Å². The van der Waals surface area contributed by atoms with Crippen LogP contribution in [-0.4, -0.2) is 33.4 Å². The van der Waals surface area contributed by atoms with E-state index in [2.05, 4.69) is 47.5 Å². The molecule has 5 nitrogen and oxygen atoms in total. The lowest BCUT2D eigenvalue weighted by atomic mass is 10.1. The number of rotatable bonds is 8. The minimum Gasteiger partial charge on any atom is -0.493 e. The van der Waals surface area contributed by atoms with Gasteiger partial charge in [-0.25, -0.2) is 0 Å². The maximum absolute atomic E-state index is 6.59. The van der Waals surface area contributed by atoms with E-state index in [1.165, 1.54) is 5.56 Å². The van der Waals surface area contributed by atoms with Crippen molar-refractivity contribution in [3.05, 3.63) is 82.4 Å². The molecule has 4 rings (SSSR count). The first-order valence-electron chi connectivity index (χ1n) is 10.8. The molecule has 1 fully saturated rings. The summed E-state index contributed by atoms with van der Waals surface area (Å²) >= 11 is 6.59. The number of methoxy groups -OCH3 is 1. The fraction of sp³-hybridized carbons (Fsp3) is 0.308. The van der Waals surface area contributed by atoms with Gasteiger partial charge in [-0.2, -0.15) is 0 Å². The van der Waals surface area contributed by atoms with Gasteiger partial charge in [0, 0.05) is 30.9 Å². The van der Waals surface area contributed by atoms with Gasteiger partial charge in [0.2, 0.25) is 0 Å². The Hall–Kier alpha value is -2.89. The number of benzene rings is 3. The third kappa shape index (κ3) is 5.47. The lowest BCUT2D eigenvalue weighted by Crippen LogP contribution is -2.36. The summed E-state index contributed by atoms with van der Waals surface area (Å²) in [5.74, 6) is 1.47. The Morgan fingerprint density at radius 3 is 2.59 bits per heavy atom. The van der Waals surface area contributed by atoms with Gasteiger partial charge in [-0.3, -0.25) is 0 Å². The van der Waals surface area contributed by atoms with Crippen LogP contribution >= 0.6 is 11.6 Å². The number of ether oxygens (including phenoxy) is 3. The standard InChI is InChI=1S/C26H29ClN2O3/c1-19-5-3-6-20(15-19)18-32-26-21(7-4-8-25(26)30-2)17-28-22-9-10-24(23(27)16-22)29-11-13-31-14-12-29/h3-10,15-16,28H,11-14,17-18H2,1-2H3. The minimum atomic E-state index is 0.481. The number of aryl methyl sites for hydroxylation is 1. The summed E-state index contributed by atoms with van der Waals surface area (Å²) < 4.78 is 17.2. The first-order valence-corrected chi connectivity index (χ1v) is 11.2. The summed E-state index contributed by atoms with van der Waals surface area (Å²) in [6.45, 7) is 6.34. The van der Waals surface area contributed by atoms with Crippen molar-refractivity contribution in [2.24, 2.45) is 0 Å². The van der Waals surface area contributed by atoms with Crippen LogP contribution in [0.2, 0.25) is 5.02 Å². The molecule has 3 aromatic rings. The molecule has 0 saturated carbocycles. The summed E-state index contributed by atoms with van der Waals surface area (Å²) in [5, 5.41) is 4.20. The Morgan fingerprint density at radius 2 is 1.84 bits per heavy atom. The van der Waals surface area contributed by atoms with E-state index in [9.17, 15) is 0 Å².